The molecule has 1 amide bonds. The molecule has 114 valence electrons. The second-order valence-electron chi connectivity index (χ2n) is 4.38. The molecule has 2 N–H and O–H groups in total. The minimum absolute atomic E-state index is 0.165. The first-order valence-electron chi connectivity index (χ1n) is 6.80. The van der Waals surface area contributed by atoms with Gasteiger partial charge in [0, 0.05) is 18.9 Å². The first kappa shape index (κ1) is 17.3. The molecule has 0 spiro atoms. The molecule has 0 bridgehead atoms. The number of thioether (sulfide) groups is 1. The van der Waals surface area contributed by atoms with Crippen LogP contribution in [0.4, 0.5) is 0 Å². The minimum atomic E-state index is -0.583. The number of hydrogen-bond donors (Lipinski definition) is 2. The van der Waals surface area contributed by atoms with Crippen LogP contribution in [0, 0.1) is 11.3 Å². The van der Waals surface area contributed by atoms with E-state index in [1.54, 1.807) is 43.0 Å². The summed E-state index contributed by atoms with van der Waals surface area (Å²) in [6.45, 7) is 2.47. The number of ether oxygens (including phenoxy) is 1. The van der Waals surface area contributed by atoms with Gasteiger partial charge >= 0.3 is 0 Å². The number of nitriles is 1. The van der Waals surface area contributed by atoms with Crippen LogP contribution < -0.4 is 10.1 Å². The van der Waals surface area contributed by atoms with Crippen molar-refractivity contribution in [1.29, 1.82) is 5.26 Å². The van der Waals surface area contributed by atoms with E-state index in [-0.39, 0.29) is 12.5 Å². The van der Waals surface area contributed by atoms with E-state index in [1.165, 1.54) is 0 Å². The highest BCUT2D eigenvalue weighted by molar-refractivity contribution is 7.99. The van der Waals surface area contributed by atoms with Gasteiger partial charge in [-0.1, -0.05) is 0 Å². The second kappa shape index (κ2) is 10.1. The van der Waals surface area contributed by atoms with E-state index in [0.717, 1.165) is 17.9 Å². The van der Waals surface area contributed by atoms with Crippen LogP contribution in [0.1, 0.15) is 18.9 Å². The number of rotatable bonds is 9. The fraction of sp³-hybridized carbons (Fsp3) is 0.467. The van der Waals surface area contributed by atoms with E-state index in [9.17, 15) is 4.79 Å². The predicted molar refractivity (Wildman–Crippen MR) is 83.3 cm³/mol. The Balaban J connectivity index is 2.25. The Morgan fingerprint density at radius 1 is 1.43 bits per heavy atom. The Labute approximate surface area is 129 Å². The van der Waals surface area contributed by atoms with Crippen molar-refractivity contribution in [2.24, 2.45) is 0 Å². The fourth-order valence-corrected chi connectivity index (χ4v) is 2.31. The van der Waals surface area contributed by atoms with Crippen LogP contribution in [0.15, 0.2) is 24.3 Å². The monoisotopic (exact) mass is 308 g/mol. The number of benzene rings is 1. The first-order chi connectivity index (χ1) is 10.2. The Kier molecular flexibility index (Phi) is 8.32. The fourth-order valence-electron chi connectivity index (χ4n) is 1.52. The van der Waals surface area contributed by atoms with Gasteiger partial charge in [0.05, 0.1) is 11.6 Å². The highest BCUT2D eigenvalue weighted by Gasteiger charge is 2.13. The number of aliphatic hydroxyl groups is 1. The average molecular weight is 308 g/mol. The van der Waals surface area contributed by atoms with Gasteiger partial charge in [0.15, 0.2) is 6.10 Å². The maximum atomic E-state index is 11.8. The van der Waals surface area contributed by atoms with Gasteiger partial charge < -0.3 is 15.2 Å². The maximum Gasteiger partial charge on any atom is 0.260 e. The summed E-state index contributed by atoms with van der Waals surface area (Å²) >= 11 is 1.69. The third-order valence-corrected chi connectivity index (χ3v) is 3.73. The molecule has 0 saturated heterocycles. The largest absolute Gasteiger partial charge is 0.481 e. The molecule has 1 aromatic carbocycles. The van der Waals surface area contributed by atoms with Crippen LogP contribution in [0.3, 0.4) is 0 Å². The van der Waals surface area contributed by atoms with Gasteiger partial charge in [0.2, 0.25) is 0 Å². The van der Waals surface area contributed by atoms with Crippen molar-refractivity contribution < 1.29 is 14.6 Å². The number of carbonyl (C=O) groups excluding carboxylic acids is 1. The molecule has 1 aromatic rings. The third kappa shape index (κ3) is 7.02. The topological polar surface area (TPSA) is 82.3 Å². The van der Waals surface area contributed by atoms with Crippen molar-refractivity contribution in [2.75, 3.05) is 24.7 Å². The van der Waals surface area contributed by atoms with Crippen LogP contribution >= 0.6 is 11.8 Å². The summed E-state index contributed by atoms with van der Waals surface area (Å²) in [5, 5.41) is 20.1. The number of aliphatic hydroxyl groups excluding tert-OH is 1. The molecule has 0 aliphatic heterocycles. The smallest absolute Gasteiger partial charge is 0.260 e. The molecule has 0 radical (unpaired) electrons. The summed E-state index contributed by atoms with van der Waals surface area (Å²) in [6.07, 6.45) is 0.192. The van der Waals surface area contributed by atoms with E-state index in [1.807, 2.05) is 6.07 Å². The van der Waals surface area contributed by atoms with Crippen LogP contribution in [0.5, 0.6) is 5.75 Å². The molecular formula is C15H20N2O3S. The third-order valence-electron chi connectivity index (χ3n) is 2.66. The number of nitrogens with one attached hydrogen (secondary N) is 1. The van der Waals surface area contributed by atoms with E-state index in [0.29, 0.717) is 17.9 Å². The molecule has 5 nitrogen and oxygen atoms in total. The Hall–Kier alpha value is -1.71. The van der Waals surface area contributed by atoms with Gasteiger partial charge in [-0.25, -0.2) is 0 Å². The van der Waals surface area contributed by atoms with E-state index in [4.69, 9.17) is 15.1 Å². The summed E-state index contributed by atoms with van der Waals surface area (Å²) in [4.78, 5) is 11.8. The molecule has 0 heterocycles. The maximum absolute atomic E-state index is 11.8. The zero-order valence-corrected chi connectivity index (χ0v) is 12.9. The van der Waals surface area contributed by atoms with Crippen molar-refractivity contribution in [1.82, 2.24) is 5.32 Å². The molecular weight excluding hydrogens is 288 g/mol. The Bertz CT molecular complexity index is 471. The van der Waals surface area contributed by atoms with Gasteiger partial charge in [0.25, 0.3) is 5.91 Å². The summed E-state index contributed by atoms with van der Waals surface area (Å²) in [6, 6.07) is 8.67. The van der Waals surface area contributed by atoms with Crippen LogP contribution in [-0.4, -0.2) is 41.8 Å². The number of amides is 1. The summed E-state index contributed by atoms with van der Waals surface area (Å²) in [5.41, 5.74) is 0.555. The molecule has 1 atom stereocenters. The zero-order chi connectivity index (χ0) is 15.5. The van der Waals surface area contributed by atoms with Crippen LogP contribution in [-0.2, 0) is 4.79 Å². The summed E-state index contributed by atoms with van der Waals surface area (Å²) < 4.78 is 5.51. The van der Waals surface area contributed by atoms with Gasteiger partial charge in [-0.05, 0) is 43.4 Å². The van der Waals surface area contributed by atoms with Gasteiger partial charge in [-0.15, -0.1) is 0 Å². The predicted octanol–water partition coefficient (Wildman–Crippen LogP) is 1.56. The Morgan fingerprint density at radius 2 is 2.14 bits per heavy atom. The summed E-state index contributed by atoms with van der Waals surface area (Å²) in [5.74, 6) is 2.11. The molecule has 1 unspecified atom stereocenters. The van der Waals surface area contributed by atoms with E-state index in [2.05, 4.69) is 5.32 Å². The molecule has 6 heteroatoms. The SMILES string of the molecule is CC(Oc1ccc(C#N)cc1)C(=O)NCCSCCCO. The number of carbonyl (C=O) groups is 1. The molecule has 0 aromatic heterocycles. The lowest BCUT2D eigenvalue weighted by molar-refractivity contribution is -0.127. The van der Waals surface area contributed by atoms with Crippen molar-refractivity contribution in [2.45, 2.75) is 19.4 Å². The average Bonchev–Trinajstić information content (AvgIpc) is 2.51. The standard InChI is InChI=1S/C15H20N2O3S/c1-12(15(19)17-7-10-21-9-2-8-18)20-14-5-3-13(11-16)4-6-14/h3-6,12,18H,2,7-10H2,1H3,(H,17,19). The van der Waals surface area contributed by atoms with Gasteiger partial charge in [-0.3, -0.25) is 4.79 Å². The van der Waals surface area contributed by atoms with Crippen LogP contribution in [0.2, 0.25) is 0 Å². The highest BCUT2D eigenvalue weighted by atomic mass is 32.2. The lowest BCUT2D eigenvalue weighted by Crippen LogP contribution is -2.37. The van der Waals surface area contributed by atoms with Crippen LogP contribution in [0.25, 0.3) is 0 Å². The normalized spacial score (nSPS) is 11.5. The van der Waals surface area contributed by atoms with E-state index < -0.39 is 6.10 Å². The van der Waals surface area contributed by atoms with Crippen molar-refractivity contribution in [3.63, 3.8) is 0 Å². The zero-order valence-electron chi connectivity index (χ0n) is 12.0. The van der Waals surface area contributed by atoms with Crippen molar-refractivity contribution >= 4 is 17.7 Å². The minimum Gasteiger partial charge on any atom is -0.481 e. The number of nitrogens with zero attached hydrogens (tertiary/aromatic N) is 1. The summed E-state index contributed by atoms with van der Waals surface area (Å²) in [7, 11) is 0. The van der Waals surface area contributed by atoms with Crippen molar-refractivity contribution in [3.05, 3.63) is 29.8 Å². The quantitative estimate of drug-likeness (QED) is 0.677. The molecule has 0 saturated carbocycles. The van der Waals surface area contributed by atoms with Gasteiger partial charge in [0.1, 0.15) is 5.75 Å². The second-order valence-corrected chi connectivity index (χ2v) is 5.60. The van der Waals surface area contributed by atoms with Crippen molar-refractivity contribution in [3.8, 4) is 11.8 Å². The lowest BCUT2D eigenvalue weighted by Gasteiger charge is -2.14. The molecule has 21 heavy (non-hydrogen) atoms. The highest BCUT2D eigenvalue weighted by Crippen LogP contribution is 2.13. The van der Waals surface area contributed by atoms with Gasteiger partial charge in [-0.2, -0.15) is 17.0 Å². The first-order valence-corrected chi connectivity index (χ1v) is 7.96. The molecule has 0 aliphatic carbocycles. The molecule has 0 fully saturated rings. The molecule has 1 rings (SSSR count). The lowest BCUT2D eigenvalue weighted by atomic mass is 10.2. The van der Waals surface area contributed by atoms with E-state index >= 15 is 0 Å². The number of hydrogen-bond acceptors (Lipinski definition) is 5. The Morgan fingerprint density at radius 3 is 2.76 bits per heavy atom. The molecule has 0 aliphatic rings.